The van der Waals surface area contributed by atoms with E-state index in [1.165, 1.54) is 28.5 Å². The average Bonchev–Trinajstić information content (AvgIpc) is 2.50. The number of rotatable bonds is 4. The van der Waals surface area contributed by atoms with Crippen LogP contribution in [0, 0.1) is 6.92 Å². The van der Waals surface area contributed by atoms with Crippen LogP contribution in [0.5, 0.6) is 11.5 Å². The van der Waals surface area contributed by atoms with Gasteiger partial charge in [0.1, 0.15) is 11.5 Å². The van der Waals surface area contributed by atoms with Crippen molar-refractivity contribution in [2.75, 3.05) is 5.75 Å². The smallest absolute Gasteiger partial charge is 0.313 e. The molecule has 1 aliphatic rings. The molecule has 2 aromatic rings. The van der Waals surface area contributed by atoms with Gasteiger partial charge in [0.2, 0.25) is 0 Å². The number of fused-ring (bicyclic) bond motifs is 2. The second kappa shape index (κ2) is 6.05. The molecule has 0 aromatic heterocycles. The summed E-state index contributed by atoms with van der Waals surface area (Å²) in [4.78, 5) is 11.8. The van der Waals surface area contributed by atoms with Crippen molar-refractivity contribution in [2.45, 2.75) is 31.6 Å². The SMILES string of the molecule is CCc1cc(C)cc2c1Cc1c(cccc1SCC(=O)O)O2. The van der Waals surface area contributed by atoms with Gasteiger partial charge in [-0.3, -0.25) is 4.79 Å². The zero-order valence-electron chi connectivity index (χ0n) is 12.7. The Kier molecular flexibility index (Phi) is 4.12. The van der Waals surface area contributed by atoms with Crippen LogP contribution in [0.25, 0.3) is 0 Å². The Morgan fingerprint density at radius 1 is 1.27 bits per heavy atom. The number of aliphatic carboxylic acids is 1. The molecule has 0 fully saturated rings. The molecule has 0 saturated heterocycles. The first kappa shape index (κ1) is 15.0. The first-order chi connectivity index (χ1) is 10.6. The second-order valence-corrected chi connectivity index (χ2v) is 6.47. The molecule has 1 heterocycles. The monoisotopic (exact) mass is 314 g/mol. The van der Waals surface area contributed by atoms with Crippen LogP contribution in [-0.2, 0) is 17.6 Å². The van der Waals surface area contributed by atoms with E-state index in [1.54, 1.807) is 0 Å². The van der Waals surface area contributed by atoms with E-state index < -0.39 is 5.97 Å². The molecule has 2 aromatic carbocycles. The van der Waals surface area contributed by atoms with Crippen molar-refractivity contribution < 1.29 is 14.6 Å². The van der Waals surface area contributed by atoms with Gasteiger partial charge in [-0.1, -0.05) is 19.1 Å². The second-order valence-electron chi connectivity index (χ2n) is 5.45. The summed E-state index contributed by atoms with van der Waals surface area (Å²) in [6, 6.07) is 10.1. The minimum absolute atomic E-state index is 0.0673. The van der Waals surface area contributed by atoms with Crippen LogP contribution in [0.1, 0.15) is 29.2 Å². The van der Waals surface area contributed by atoms with Crippen molar-refractivity contribution in [3.63, 3.8) is 0 Å². The summed E-state index contributed by atoms with van der Waals surface area (Å²) in [5.74, 6) is 1.04. The lowest BCUT2D eigenvalue weighted by molar-refractivity contribution is -0.133. The molecule has 1 aliphatic heterocycles. The van der Waals surface area contributed by atoms with Crippen molar-refractivity contribution in [3.8, 4) is 11.5 Å². The lowest BCUT2D eigenvalue weighted by atomic mass is 9.93. The molecule has 0 aliphatic carbocycles. The van der Waals surface area contributed by atoms with Crippen molar-refractivity contribution in [1.29, 1.82) is 0 Å². The van der Waals surface area contributed by atoms with Gasteiger partial charge in [0.05, 0.1) is 5.75 Å². The van der Waals surface area contributed by atoms with Gasteiger partial charge >= 0.3 is 5.97 Å². The van der Waals surface area contributed by atoms with E-state index >= 15 is 0 Å². The van der Waals surface area contributed by atoms with Gasteiger partial charge in [-0.15, -0.1) is 11.8 Å². The summed E-state index contributed by atoms with van der Waals surface area (Å²) in [6.07, 6.45) is 1.77. The van der Waals surface area contributed by atoms with Crippen molar-refractivity contribution in [1.82, 2.24) is 0 Å². The molecule has 3 rings (SSSR count). The molecule has 0 unspecified atom stereocenters. The number of carboxylic acid groups (broad SMARTS) is 1. The summed E-state index contributed by atoms with van der Waals surface area (Å²) in [5, 5.41) is 8.90. The van der Waals surface area contributed by atoms with Gasteiger partial charge < -0.3 is 9.84 Å². The van der Waals surface area contributed by atoms with E-state index in [0.717, 1.165) is 34.8 Å². The fourth-order valence-electron chi connectivity index (χ4n) is 2.85. The van der Waals surface area contributed by atoms with E-state index in [0.29, 0.717) is 0 Å². The Morgan fingerprint density at radius 2 is 2.09 bits per heavy atom. The summed E-state index contributed by atoms with van der Waals surface area (Å²) in [5.41, 5.74) is 4.83. The van der Waals surface area contributed by atoms with Crippen LogP contribution in [0.2, 0.25) is 0 Å². The van der Waals surface area contributed by atoms with Crippen LogP contribution < -0.4 is 4.74 Å². The summed E-state index contributed by atoms with van der Waals surface area (Å²) in [7, 11) is 0. The molecular weight excluding hydrogens is 296 g/mol. The molecule has 0 radical (unpaired) electrons. The van der Waals surface area contributed by atoms with E-state index in [4.69, 9.17) is 9.84 Å². The normalized spacial score (nSPS) is 12.3. The zero-order valence-corrected chi connectivity index (χ0v) is 13.5. The van der Waals surface area contributed by atoms with Crippen molar-refractivity contribution in [2.24, 2.45) is 0 Å². The van der Waals surface area contributed by atoms with Gasteiger partial charge in [-0.2, -0.15) is 0 Å². The van der Waals surface area contributed by atoms with Gasteiger partial charge in [0.25, 0.3) is 0 Å². The van der Waals surface area contributed by atoms with Crippen LogP contribution in [0.4, 0.5) is 0 Å². The van der Waals surface area contributed by atoms with E-state index in [1.807, 2.05) is 18.2 Å². The third-order valence-electron chi connectivity index (χ3n) is 3.84. The number of hydrogen-bond donors (Lipinski definition) is 1. The number of carboxylic acids is 1. The predicted molar refractivity (Wildman–Crippen MR) is 88.2 cm³/mol. The molecule has 0 atom stereocenters. The molecule has 0 bridgehead atoms. The third kappa shape index (κ3) is 2.83. The Labute approximate surface area is 134 Å². The highest BCUT2D eigenvalue weighted by Crippen LogP contribution is 2.42. The number of carbonyl (C=O) groups is 1. The lowest BCUT2D eigenvalue weighted by Crippen LogP contribution is -2.08. The molecule has 4 heteroatoms. The minimum atomic E-state index is -0.801. The molecule has 1 N–H and O–H groups in total. The van der Waals surface area contributed by atoms with Crippen LogP contribution in [0.3, 0.4) is 0 Å². The van der Waals surface area contributed by atoms with E-state index in [9.17, 15) is 4.79 Å². The minimum Gasteiger partial charge on any atom is -0.481 e. The van der Waals surface area contributed by atoms with Crippen LogP contribution in [0.15, 0.2) is 35.2 Å². The van der Waals surface area contributed by atoms with Crippen LogP contribution >= 0.6 is 11.8 Å². The van der Waals surface area contributed by atoms with Gasteiger partial charge in [-0.05, 0) is 42.7 Å². The van der Waals surface area contributed by atoms with E-state index in [-0.39, 0.29) is 5.75 Å². The quantitative estimate of drug-likeness (QED) is 0.724. The van der Waals surface area contributed by atoms with Crippen molar-refractivity contribution >= 4 is 17.7 Å². The fraction of sp³-hybridized carbons (Fsp3) is 0.278. The molecule has 3 nitrogen and oxygen atoms in total. The number of benzene rings is 2. The highest BCUT2D eigenvalue weighted by Gasteiger charge is 2.22. The molecule has 0 saturated carbocycles. The summed E-state index contributed by atoms with van der Waals surface area (Å²) >= 11 is 1.35. The van der Waals surface area contributed by atoms with Gasteiger partial charge in [0.15, 0.2) is 0 Å². The Hall–Kier alpha value is -1.94. The third-order valence-corrected chi connectivity index (χ3v) is 4.93. The molecular formula is C18H18O3S. The largest absolute Gasteiger partial charge is 0.481 e. The Balaban J connectivity index is 2.00. The number of ether oxygens (including phenoxy) is 1. The summed E-state index contributed by atoms with van der Waals surface area (Å²) < 4.78 is 6.09. The van der Waals surface area contributed by atoms with E-state index in [2.05, 4.69) is 26.0 Å². The maximum Gasteiger partial charge on any atom is 0.313 e. The zero-order chi connectivity index (χ0) is 15.7. The first-order valence-corrected chi connectivity index (χ1v) is 8.33. The molecule has 22 heavy (non-hydrogen) atoms. The maximum atomic E-state index is 10.8. The number of hydrogen-bond acceptors (Lipinski definition) is 3. The fourth-order valence-corrected chi connectivity index (χ4v) is 3.65. The molecule has 0 spiro atoms. The van der Waals surface area contributed by atoms with Crippen molar-refractivity contribution in [3.05, 3.63) is 52.6 Å². The Morgan fingerprint density at radius 3 is 2.82 bits per heavy atom. The average molecular weight is 314 g/mol. The van der Waals surface area contributed by atoms with Crippen LogP contribution in [-0.4, -0.2) is 16.8 Å². The summed E-state index contributed by atoms with van der Waals surface area (Å²) in [6.45, 7) is 4.23. The molecule has 0 amide bonds. The lowest BCUT2D eigenvalue weighted by Gasteiger charge is -2.24. The van der Waals surface area contributed by atoms with Gasteiger partial charge in [-0.25, -0.2) is 0 Å². The maximum absolute atomic E-state index is 10.8. The first-order valence-electron chi connectivity index (χ1n) is 7.35. The number of aryl methyl sites for hydroxylation is 2. The Bertz CT molecular complexity index is 737. The standard InChI is InChI=1S/C18H18O3S/c1-3-12-7-11(2)8-16-13(12)9-14-15(21-16)5-4-6-17(14)22-10-18(19)20/h4-8H,3,9-10H2,1-2H3,(H,19,20). The highest BCUT2D eigenvalue weighted by molar-refractivity contribution is 8.00. The van der Waals surface area contributed by atoms with Gasteiger partial charge in [0, 0.05) is 22.4 Å². The number of thioether (sulfide) groups is 1. The topological polar surface area (TPSA) is 46.5 Å². The molecule has 114 valence electrons. The predicted octanol–water partition coefficient (Wildman–Crippen LogP) is 4.43. The highest BCUT2D eigenvalue weighted by atomic mass is 32.2.